The van der Waals surface area contributed by atoms with Crippen LogP contribution in [-0.2, 0) is 9.84 Å². The molecule has 1 saturated heterocycles. The van der Waals surface area contributed by atoms with Gasteiger partial charge in [-0.2, -0.15) is 5.10 Å². The molecule has 0 aliphatic carbocycles. The summed E-state index contributed by atoms with van der Waals surface area (Å²) in [6.45, 7) is 3.85. The number of aryl methyl sites for hydroxylation is 2. The van der Waals surface area contributed by atoms with Crippen LogP contribution in [0.3, 0.4) is 0 Å². The first-order valence-electron chi connectivity index (χ1n) is 11.4. The summed E-state index contributed by atoms with van der Waals surface area (Å²) in [6, 6.07) is 17.1. The molecule has 2 aromatic heterocycles. The number of hydrogen-bond donors (Lipinski definition) is 1. The molecule has 2 aromatic carbocycles. The maximum absolute atomic E-state index is 13.6. The number of benzene rings is 2. The second-order valence-corrected chi connectivity index (χ2v) is 11.9. The van der Waals surface area contributed by atoms with E-state index in [9.17, 15) is 13.2 Å². The number of rotatable bonds is 5. The Morgan fingerprint density at radius 3 is 2.54 bits per heavy atom. The first kappa shape index (κ1) is 23.6. The van der Waals surface area contributed by atoms with Gasteiger partial charge in [0, 0.05) is 10.5 Å². The van der Waals surface area contributed by atoms with Crippen molar-refractivity contribution in [3.05, 3.63) is 71.4 Å². The van der Waals surface area contributed by atoms with Crippen LogP contribution in [0.4, 0.5) is 5.69 Å². The molecule has 180 valence electrons. The summed E-state index contributed by atoms with van der Waals surface area (Å²) in [5.74, 6) is -0.0921. The molecule has 0 saturated carbocycles. The zero-order chi connectivity index (χ0) is 24.7. The number of para-hydroxylation sites is 1. The van der Waals surface area contributed by atoms with Crippen molar-refractivity contribution in [1.29, 1.82) is 0 Å². The monoisotopic (exact) mass is 506 g/mol. The summed E-state index contributed by atoms with van der Waals surface area (Å²) in [5, 5.41) is 8.37. The minimum Gasteiger partial charge on any atom is -0.321 e. The van der Waals surface area contributed by atoms with E-state index in [-0.39, 0.29) is 23.5 Å². The number of pyridine rings is 1. The van der Waals surface area contributed by atoms with Gasteiger partial charge in [-0.25, -0.2) is 18.1 Å². The highest BCUT2D eigenvalue weighted by Gasteiger charge is 2.32. The highest BCUT2D eigenvalue weighted by molar-refractivity contribution is 7.98. The fourth-order valence-electron chi connectivity index (χ4n) is 4.52. The van der Waals surface area contributed by atoms with Crippen LogP contribution in [0.15, 0.2) is 59.5 Å². The minimum absolute atomic E-state index is 0.0300. The average molecular weight is 507 g/mol. The van der Waals surface area contributed by atoms with Crippen LogP contribution < -0.4 is 5.32 Å². The maximum atomic E-state index is 13.6. The summed E-state index contributed by atoms with van der Waals surface area (Å²) in [6.07, 6.45) is 2.45. The molecule has 3 heterocycles. The third-order valence-electron chi connectivity index (χ3n) is 6.34. The molecule has 5 rings (SSSR count). The van der Waals surface area contributed by atoms with Gasteiger partial charge < -0.3 is 5.32 Å². The van der Waals surface area contributed by atoms with Crippen LogP contribution in [0.1, 0.15) is 34.1 Å². The lowest BCUT2D eigenvalue weighted by molar-refractivity contribution is 0.102. The van der Waals surface area contributed by atoms with E-state index in [1.54, 1.807) is 22.5 Å². The first-order valence-corrected chi connectivity index (χ1v) is 14.4. The van der Waals surface area contributed by atoms with Crippen molar-refractivity contribution >= 4 is 44.2 Å². The molecule has 0 radical (unpaired) electrons. The van der Waals surface area contributed by atoms with Crippen LogP contribution >= 0.6 is 11.8 Å². The average Bonchev–Trinajstić information content (AvgIpc) is 3.38. The second-order valence-electron chi connectivity index (χ2n) is 8.86. The number of amides is 1. The number of fused-ring (bicyclic) bond motifs is 1. The minimum atomic E-state index is -3.12. The van der Waals surface area contributed by atoms with Gasteiger partial charge >= 0.3 is 0 Å². The predicted octanol–water partition coefficient (Wildman–Crippen LogP) is 5.05. The number of aromatic nitrogens is 3. The Labute approximate surface area is 208 Å². The van der Waals surface area contributed by atoms with Crippen LogP contribution in [0.5, 0.6) is 0 Å². The lowest BCUT2D eigenvalue weighted by Gasteiger charge is -2.13. The van der Waals surface area contributed by atoms with E-state index in [0.29, 0.717) is 34.4 Å². The molecule has 7 nitrogen and oxygen atoms in total. The summed E-state index contributed by atoms with van der Waals surface area (Å²) in [4.78, 5) is 19.5. The number of carbonyl (C=O) groups is 1. The highest BCUT2D eigenvalue weighted by Crippen LogP contribution is 2.33. The molecule has 1 atom stereocenters. The number of thioether (sulfide) groups is 1. The maximum Gasteiger partial charge on any atom is 0.256 e. The van der Waals surface area contributed by atoms with E-state index in [0.717, 1.165) is 21.7 Å². The van der Waals surface area contributed by atoms with Crippen LogP contribution in [-0.4, -0.2) is 46.9 Å². The number of sulfone groups is 1. The molecule has 35 heavy (non-hydrogen) atoms. The molecule has 1 amide bonds. The van der Waals surface area contributed by atoms with Gasteiger partial charge in [-0.3, -0.25) is 4.79 Å². The van der Waals surface area contributed by atoms with Gasteiger partial charge in [0.05, 0.1) is 45.6 Å². The Bertz CT molecular complexity index is 1540. The Morgan fingerprint density at radius 2 is 1.86 bits per heavy atom. The molecular weight excluding hydrogens is 480 g/mol. The normalized spacial score (nSPS) is 17.1. The molecule has 9 heteroatoms. The standard InChI is InChI=1S/C26H26N4O3S2/c1-16-8-10-18(11-9-16)22-14-20(26(31)28-21-6-4-5-7-23(21)34-3)24-17(2)29-30(25(24)27-22)19-12-13-35(32,33)15-19/h4-11,14,19H,12-13,15H2,1-3H3,(H,28,31). The van der Waals surface area contributed by atoms with Gasteiger partial charge in [0.1, 0.15) is 0 Å². The summed E-state index contributed by atoms with van der Waals surface area (Å²) >= 11 is 1.56. The SMILES string of the molecule is CSc1ccccc1NC(=O)c1cc(-c2ccc(C)cc2)nc2c1c(C)nn2C1CCS(=O)(=O)C1. The van der Waals surface area contributed by atoms with Gasteiger partial charge in [0.2, 0.25) is 0 Å². The van der Waals surface area contributed by atoms with Crippen molar-refractivity contribution in [3.8, 4) is 11.3 Å². The molecule has 0 spiro atoms. The quantitative estimate of drug-likeness (QED) is 0.381. The van der Waals surface area contributed by atoms with Crippen LogP contribution in [0.2, 0.25) is 0 Å². The fourth-order valence-corrected chi connectivity index (χ4v) is 6.77. The van der Waals surface area contributed by atoms with Gasteiger partial charge in [0.25, 0.3) is 5.91 Å². The van der Waals surface area contributed by atoms with Crippen molar-refractivity contribution < 1.29 is 13.2 Å². The second kappa shape index (κ2) is 9.13. The number of nitrogens with one attached hydrogen (secondary N) is 1. The summed E-state index contributed by atoms with van der Waals surface area (Å²) in [5.41, 5.74) is 5.02. The molecule has 1 N–H and O–H groups in total. The van der Waals surface area contributed by atoms with Crippen molar-refractivity contribution in [1.82, 2.24) is 14.8 Å². The van der Waals surface area contributed by atoms with Gasteiger partial charge in [-0.15, -0.1) is 11.8 Å². The molecule has 1 aliphatic rings. The largest absolute Gasteiger partial charge is 0.321 e. The Balaban J connectivity index is 1.68. The van der Waals surface area contributed by atoms with Crippen LogP contribution in [0.25, 0.3) is 22.3 Å². The number of carbonyl (C=O) groups excluding carboxylic acids is 1. The van der Waals surface area contributed by atoms with E-state index in [2.05, 4.69) is 10.4 Å². The van der Waals surface area contributed by atoms with E-state index in [1.807, 2.05) is 68.6 Å². The van der Waals surface area contributed by atoms with E-state index in [1.165, 1.54) is 0 Å². The Hall–Kier alpha value is -3.17. The number of hydrogen-bond acceptors (Lipinski definition) is 6. The Kier molecular flexibility index (Phi) is 6.14. The third-order valence-corrected chi connectivity index (χ3v) is 8.88. The van der Waals surface area contributed by atoms with Crippen molar-refractivity contribution in [2.75, 3.05) is 23.1 Å². The predicted molar refractivity (Wildman–Crippen MR) is 141 cm³/mol. The molecule has 1 aliphatic heterocycles. The lowest BCUT2D eigenvalue weighted by Crippen LogP contribution is -2.15. The van der Waals surface area contributed by atoms with Crippen molar-refractivity contribution in [3.63, 3.8) is 0 Å². The van der Waals surface area contributed by atoms with Crippen molar-refractivity contribution in [2.45, 2.75) is 31.2 Å². The van der Waals surface area contributed by atoms with Gasteiger partial charge in [-0.1, -0.05) is 42.0 Å². The lowest BCUT2D eigenvalue weighted by atomic mass is 10.0. The van der Waals surface area contributed by atoms with Gasteiger partial charge in [0.15, 0.2) is 15.5 Å². The smallest absolute Gasteiger partial charge is 0.256 e. The molecule has 1 fully saturated rings. The Morgan fingerprint density at radius 1 is 1.11 bits per heavy atom. The fraction of sp³-hybridized carbons (Fsp3) is 0.269. The third kappa shape index (κ3) is 4.58. The molecule has 1 unspecified atom stereocenters. The van der Waals surface area contributed by atoms with E-state index in [4.69, 9.17) is 4.98 Å². The number of nitrogens with zero attached hydrogens (tertiary/aromatic N) is 3. The summed E-state index contributed by atoms with van der Waals surface area (Å²) in [7, 11) is -3.12. The number of anilines is 1. The molecular formula is C26H26N4O3S2. The summed E-state index contributed by atoms with van der Waals surface area (Å²) < 4.78 is 26.1. The van der Waals surface area contributed by atoms with E-state index >= 15 is 0 Å². The molecule has 0 bridgehead atoms. The van der Waals surface area contributed by atoms with E-state index < -0.39 is 9.84 Å². The molecule has 4 aromatic rings. The highest BCUT2D eigenvalue weighted by atomic mass is 32.2. The zero-order valence-corrected chi connectivity index (χ0v) is 21.4. The topological polar surface area (TPSA) is 93.9 Å². The van der Waals surface area contributed by atoms with Crippen LogP contribution in [0, 0.1) is 13.8 Å². The van der Waals surface area contributed by atoms with Gasteiger partial charge in [-0.05, 0) is 44.7 Å². The first-order chi connectivity index (χ1) is 16.8. The zero-order valence-electron chi connectivity index (χ0n) is 19.8. The van der Waals surface area contributed by atoms with Crippen molar-refractivity contribution in [2.24, 2.45) is 0 Å².